The second kappa shape index (κ2) is 6.58. The molecule has 1 aliphatic rings. The first-order chi connectivity index (χ1) is 13.1. The van der Waals surface area contributed by atoms with Crippen LogP contribution in [0.15, 0.2) is 51.8 Å². The van der Waals surface area contributed by atoms with Gasteiger partial charge in [-0.3, -0.25) is 0 Å². The topological polar surface area (TPSA) is 79.5 Å². The van der Waals surface area contributed by atoms with Crippen molar-refractivity contribution in [3.8, 4) is 0 Å². The van der Waals surface area contributed by atoms with E-state index < -0.39 is 16.1 Å². The lowest BCUT2D eigenvalue weighted by molar-refractivity contribution is -0.00657. The van der Waals surface area contributed by atoms with Gasteiger partial charge in [0.2, 0.25) is 10.0 Å². The first-order valence-corrected chi connectivity index (χ1v) is 11.1. The molecular weight excluding hydrogens is 374 g/mol. The van der Waals surface area contributed by atoms with Crippen LogP contribution in [0.5, 0.6) is 0 Å². The molecule has 5 nitrogen and oxygen atoms in total. The Bertz CT molecular complexity index is 1130. The number of benzene rings is 2. The van der Waals surface area contributed by atoms with Crippen molar-refractivity contribution >= 4 is 32.0 Å². The van der Waals surface area contributed by atoms with Crippen LogP contribution in [-0.2, 0) is 10.0 Å². The molecule has 150 valence electrons. The van der Waals surface area contributed by atoms with Crippen molar-refractivity contribution in [1.29, 1.82) is 0 Å². The molecule has 28 heavy (non-hydrogen) atoms. The molecule has 1 fully saturated rings. The van der Waals surface area contributed by atoms with E-state index in [1.165, 1.54) is 0 Å². The van der Waals surface area contributed by atoms with Crippen LogP contribution in [0.1, 0.15) is 40.0 Å². The molecule has 0 unspecified atom stereocenters. The second-order valence-electron chi connectivity index (χ2n) is 9.29. The SMILES string of the molecule is CC1(C)C[C@@H](O)C[C@@](C)(CNS(=O)(=O)c2ccc3oc4ccccc4c3c2)C1. The first-order valence-electron chi connectivity index (χ1n) is 9.66. The molecule has 1 aromatic heterocycles. The highest BCUT2D eigenvalue weighted by Crippen LogP contribution is 2.45. The molecule has 3 aromatic rings. The monoisotopic (exact) mass is 401 g/mol. The third-order valence-electron chi connectivity index (χ3n) is 5.77. The lowest BCUT2D eigenvalue weighted by Crippen LogP contribution is -2.45. The summed E-state index contributed by atoms with van der Waals surface area (Å²) in [5.74, 6) is 0. The van der Waals surface area contributed by atoms with Gasteiger partial charge in [-0.2, -0.15) is 0 Å². The van der Waals surface area contributed by atoms with Crippen LogP contribution >= 0.6 is 0 Å². The highest BCUT2D eigenvalue weighted by Gasteiger charge is 2.41. The maximum Gasteiger partial charge on any atom is 0.240 e. The summed E-state index contributed by atoms with van der Waals surface area (Å²) in [6, 6.07) is 12.6. The minimum atomic E-state index is -3.66. The number of aliphatic hydroxyl groups is 1. The zero-order valence-electron chi connectivity index (χ0n) is 16.5. The summed E-state index contributed by atoms with van der Waals surface area (Å²) in [6.45, 7) is 6.60. The van der Waals surface area contributed by atoms with Crippen LogP contribution in [0.4, 0.5) is 0 Å². The summed E-state index contributed by atoms with van der Waals surface area (Å²) in [5.41, 5.74) is 1.13. The van der Waals surface area contributed by atoms with Gasteiger partial charge in [0.15, 0.2) is 0 Å². The molecule has 4 rings (SSSR count). The van der Waals surface area contributed by atoms with Gasteiger partial charge in [-0.15, -0.1) is 0 Å². The average molecular weight is 402 g/mol. The fourth-order valence-electron chi connectivity index (χ4n) is 4.94. The number of fused-ring (bicyclic) bond motifs is 3. The summed E-state index contributed by atoms with van der Waals surface area (Å²) in [7, 11) is -3.66. The normalized spacial score (nSPS) is 25.4. The smallest absolute Gasteiger partial charge is 0.240 e. The number of aliphatic hydroxyl groups excluding tert-OH is 1. The summed E-state index contributed by atoms with van der Waals surface area (Å²) in [4.78, 5) is 0.228. The van der Waals surface area contributed by atoms with Gasteiger partial charge in [0.05, 0.1) is 11.0 Å². The van der Waals surface area contributed by atoms with E-state index in [2.05, 4.69) is 18.6 Å². The van der Waals surface area contributed by atoms with Crippen molar-refractivity contribution in [1.82, 2.24) is 4.72 Å². The van der Waals surface area contributed by atoms with Crippen LogP contribution in [0.3, 0.4) is 0 Å². The van der Waals surface area contributed by atoms with Gasteiger partial charge in [-0.25, -0.2) is 13.1 Å². The lowest BCUT2D eigenvalue weighted by atomic mass is 9.63. The molecule has 0 aliphatic heterocycles. The van der Waals surface area contributed by atoms with E-state index in [9.17, 15) is 13.5 Å². The molecule has 6 heteroatoms. The van der Waals surface area contributed by atoms with Gasteiger partial charge in [-0.05, 0) is 54.4 Å². The Kier molecular flexibility index (Phi) is 4.56. The Morgan fingerprint density at radius 3 is 2.54 bits per heavy atom. The van der Waals surface area contributed by atoms with E-state index in [4.69, 9.17) is 4.42 Å². The van der Waals surface area contributed by atoms with Gasteiger partial charge >= 0.3 is 0 Å². The van der Waals surface area contributed by atoms with E-state index in [0.29, 0.717) is 18.5 Å². The minimum absolute atomic E-state index is 0.00746. The van der Waals surface area contributed by atoms with Crippen LogP contribution < -0.4 is 4.72 Å². The third-order valence-corrected chi connectivity index (χ3v) is 7.17. The highest BCUT2D eigenvalue weighted by molar-refractivity contribution is 7.89. The van der Waals surface area contributed by atoms with E-state index in [0.717, 1.165) is 29.2 Å². The van der Waals surface area contributed by atoms with Gasteiger partial charge in [-0.1, -0.05) is 39.0 Å². The maximum atomic E-state index is 13.0. The minimum Gasteiger partial charge on any atom is -0.456 e. The molecule has 0 saturated heterocycles. The van der Waals surface area contributed by atoms with Gasteiger partial charge < -0.3 is 9.52 Å². The van der Waals surface area contributed by atoms with Crippen molar-refractivity contribution in [2.75, 3.05) is 6.54 Å². The van der Waals surface area contributed by atoms with Crippen molar-refractivity contribution < 1.29 is 17.9 Å². The molecule has 1 aliphatic carbocycles. The molecule has 1 heterocycles. The van der Waals surface area contributed by atoms with Gasteiger partial charge in [0, 0.05) is 17.3 Å². The summed E-state index contributed by atoms with van der Waals surface area (Å²) < 4.78 is 34.5. The number of furan rings is 1. The summed E-state index contributed by atoms with van der Waals surface area (Å²) in [5, 5.41) is 11.9. The van der Waals surface area contributed by atoms with E-state index in [1.54, 1.807) is 18.2 Å². The Labute approximate surface area is 165 Å². The Morgan fingerprint density at radius 2 is 1.79 bits per heavy atom. The van der Waals surface area contributed by atoms with Crippen LogP contribution in [-0.4, -0.2) is 26.2 Å². The third kappa shape index (κ3) is 3.69. The Balaban J connectivity index is 1.61. The average Bonchev–Trinajstić information content (AvgIpc) is 2.96. The predicted molar refractivity (Wildman–Crippen MR) is 111 cm³/mol. The van der Waals surface area contributed by atoms with Crippen LogP contribution in [0, 0.1) is 10.8 Å². The highest BCUT2D eigenvalue weighted by atomic mass is 32.2. The van der Waals surface area contributed by atoms with Crippen molar-refractivity contribution in [2.45, 2.75) is 51.0 Å². The molecule has 0 radical (unpaired) electrons. The number of nitrogens with one attached hydrogen (secondary N) is 1. The number of sulfonamides is 1. The zero-order valence-corrected chi connectivity index (χ0v) is 17.3. The van der Waals surface area contributed by atoms with Crippen LogP contribution in [0.25, 0.3) is 21.9 Å². The van der Waals surface area contributed by atoms with E-state index >= 15 is 0 Å². The molecule has 2 aromatic carbocycles. The molecule has 2 N–H and O–H groups in total. The number of para-hydroxylation sites is 1. The predicted octanol–water partition coefficient (Wildman–Crippen LogP) is 4.44. The Hall–Kier alpha value is -1.89. The molecule has 1 saturated carbocycles. The van der Waals surface area contributed by atoms with E-state index in [1.807, 2.05) is 31.2 Å². The largest absolute Gasteiger partial charge is 0.456 e. The zero-order chi connectivity index (χ0) is 20.2. The molecule has 2 atom stereocenters. The number of hydrogen-bond acceptors (Lipinski definition) is 4. The number of rotatable bonds is 4. The van der Waals surface area contributed by atoms with E-state index in [-0.39, 0.29) is 15.7 Å². The Morgan fingerprint density at radius 1 is 1.07 bits per heavy atom. The van der Waals surface area contributed by atoms with Crippen molar-refractivity contribution in [3.63, 3.8) is 0 Å². The van der Waals surface area contributed by atoms with Gasteiger partial charge in [0.25, 0.3) is 0 Å². The molecule has 0 bridgehead atoms. The second-order valence-corrected chi connectivity index (χ2v) is 11.1. The van der Waals surface area contributed by atoms with Crippen LogP contribution in [0.2, 0.25) is 0 Å². The first kappa shape index (κ1) is 19.4. The molecule has 0 spiro atoms. The molecular formula is C22H27NO4S. The quantitative estimate of drug-likeness (QED) is 0.677. The lowest BCUT2D eigenvalue weighted by Gasteiger charge is -2.45. The summed E-state index contributed by atoms with van der Waals surface area (Å²) in [6.07, 6.45) is 1.82. The maximum absolute atomic E-state index is 13.0. The van der Waals surface area contributed by atoms with Gasteiger partial charge in [0.1, 0.15) is 11.2 Å². The van der Waals surface area contributed by atoms with Crippen molar-refractivity contribution in [2.24, 2.45) is 10.8 Å². The number of hydrogen-bond donors (Lipinski definition) is 2. The summed E-state index contributed by atoms with van der Waals surface area (Å²) >= 11 is 0. The van der Waals surface area contributed by atoms with Crippen molar-refractivity contribution in [3.05, 3.63) is 42.5 Å². The fourth-order valence-corrected chi connectivity index (χ4v) is 6.16. The fraction of sp³-hybridized carbons (Fsp3) is 0.455. The molecule has 0 amide bonds. The standard InChI is InChI=1S/C22H27NO4S/c1-21(2)11-15(24)12-22(3,13-21)14-23-28(25,26)16-8-9-20-18(10-16)17-6-4-5-7-19(17)27-20/h4-10,15,23-24H,11-14H2,1-3H3/t15-,22-/m1/s1.